The quantitative estimate of drug-likeness (QED) is 0.854. The van der Waals surface area contributed by atoms with Gasteiger partial charge in [-0.15, -0.1) is 0 Å². The van der Waals surface area contributed by atoms with Crippen LogP contribution < -0.4 is 5.32 Å². The molecule has 0 spiro atoms. The van der Waals surface area contributed by atoms with E-state index in [0.717, 1.165) is 6.07 Å². The molecule has 0 aromatic heterocycles. The molecule has 1 aliphatic rings. The van der Waals surface area contributed by atoms with Gasteiger partial charge in [-0.2, -0.15) is 13.2 Å². The Morgan fingerprint density at radius 1 is 1.17 bits per heavy atom. The number of benzene rings is 1. The largest absolute Gasteiger partial charge is 0.416 e. The van der Waals surface area contributed by atoms with Crippen LogP contribution in [0.5, 0.6) is 0 Å². The van der Waals surface area contributed by atoms with Crippen molar-refractivity contribution < 1.29 is 13.2 Å². The van der Waals surface area contributed by atoms with Gasteiger partial charge in [0.2, 0.25) is 0 Å². The fourth-order valence-corrected chi connectivity index (χ4v) is 2.35. The van der Waals surface area contributed by atoms with Crippen molar-refractivity contribution >= 4 is 0 Å². The van der Waals surface area contributed by atoms with Crippen molar-refractivity contribution in [3.8, 4) is 0 Å². The van der Waals surface area contributed by atoms with E-state index >= 15 is 0 Å². The molecule has 18 heavy (non-hydrogen) atoms. The first-order chi connectivity index (χ1) is 8.39. The van der Waals surface area contributed by atoms with Gasteiger partial charge in [-0.1, -0.05) is 18.2 Å². The normalized spacial score (nSPS) is 19.6. The van der Waals surface area contributed by atoms with Crippen LogP contribution in [0, 0.1) is 5.92 Å². The molecular formula is C14H18F3N. The lowest BCUT2D eigenvalue weighted by Crippen LogP contribution is -2.31. The van der Waals surface area contributed by atoms with E-state index in [9.17, 15) is 13.2 Å². The van der Waals surface area contributed by atoms with E-state index < -0.39 is 11.7 Å². The highest BCUT2D eigenvalue weighted by Gasteiger charge is 2.35. The van der Waals surface area contributed by atoms with E-state index in [1.165, 1.54) is 18.9 Å². The van der Waals surface area contributed by atoms with Crippen molar-refractivity contribution in [1.82, 2.24) is 5.32 Å². The molecule has 1 aliphatic carbocycles. The molecule has 100 valence electrons. The van der Waals surface area contributed by atoms with Crippen molar-refractivity contribution in [3.05, 3.63) is 35.4 Å². The molecule has 0 bridgehead atoms. The number of rotatable bonds is 4. The molecular weight excluding hydrogens is 239 g/mol. The van der Waals surface area contributed by atoms with Crippen LogP contribution in [0.1, 0.15) is 43.9 Å². The molecule has 0 heterocycles. The van der Waals surface area contributed by atoms with E-state index in [0.29, 0.717) is 11.5 Å². The van der Waals surface area contributed by atoms with Gasteiger partial charge in [0, 0.05) is 12.1 Å². The molecule has 4 heteroatoms. The Labute approximate surface area is 105 Å². The Bertz CT molecular complexity index is 410. The van der Waals surface area contributed by atoms with Gasteiger partial charge in [-0.3, -0.25) is 0 Å². The molecule has 1 N–H and O–H groups in total. The van der Waals surface area contributed by atoms with Gasteiger partial charge in [-0.05, 0) is 44.2 Å². The average Bonchev–Trinajstić information content (AvgIpc) is 3.11. The van der Waals surface area contributed by atoms with Gasteiger partial charge in [0.25, 0.3) is 0 Å². The third-order valence-corrected chi connectivity index (χ3v) is 3.57. The Morgan fingerprint density at radius 3 is 2.33 bits per heavy atom. The molecule has 0 saturated heterocycles. The van der Waals surface area contributed by atoms with Gasteiger partial charge in [-0.25, -0.2) is 0 Å². The maximum Gasteiger partial charge on any atom is 0.416 e. The molecule has 0 amide bonds. The van der Waals surface area contributed by atoms with Gasteiger partial charge < -0.3 is 5.32 Å². The predicted molar refractivity (Wildman–Crippen MR) is 65.2 cm³/mol. The zero-order valence-electron chi connectivity index (χ0n) is 10.6. The first-order valence-corrected chi connectivity index (χ1v) is 6.31. The zero-order valence-corrected chi connectivity index (χ0v) is 10.6. The summed E-state index contributed by atoms with van der Waals surface area (Å²) in [5.74, 6) is 0.630. The number of hydrogen-bond acceptors (Lipinski definition) is 1. The first-order valence-electron chi connectivity index (χ1n) is 6.31. The summed E-state index contributed by atoms with van der Waals surface area (Å²) in [5, 5.41) is 3.27. The van der Waals surface area contributed by atoms with E-state index in [2.05, 4.69) is 5.32 Å². The third kappa shape index (κ3) is 3.05. The zero-order chi connectivity index (χ0) is 13.3. The van der Waals surface area contributed by atoms with Crippen LogP contribution in [0.2, 0.25) is 0 Å². The van der Waals surface area contributed by atoms with Crippen LogP contribution in [-0.2, 0) is 6.18 Å². The predicted octanol–water partition coefficient (Wildman–Crippen LogP) is 4.15. The van der Waals surface area contributed by atoms with E-state index in [4.69, 9.17) is 0 Å². The van der Waals surface area contributed by atoms with Gasteiger partial charge in [0.1, 0.15) is 0 Å². The second-order valence-electron chi connectivity index (χ2n) is 5.10. The van der Waals surface area contributed by atoms with Crippen LogP contribution in [0.25, 0.3) is 0 Å². The second-order valence-corrected chi connectivity index (χ2v) is 5.10. The smallest absolute Gasteiger partial charge is 0.307 e. The second kappa shape index (κ2) is 4.92. The Kier molecular flexibility index (Phi) is 3.66. The monoisotopic (exact) mass is 257 g/mol. The fourth-order valence-electron chi connectivity index (χ4n) is 2.35. The lowest BCUT2D eigenvalue weighted by Gasteiger charge is -2.23. The lowest BCUT2D eigenvalue weighted by molar-refractivity contribution is -0.138. The van der Waals surface area contributed by atoms with Crippen LogP contribution in [0.15, 0.2) is 24.3 Å². The standard InChI is InChI=1S/C14H18F3N/c1-9(11-7-8-11)18-10(2)12-5-3-4-6-13(12)14(15,16)17/h3-6,9-11,18H,7-8H2,1-2H3. The van der Waals surface area contributed by atoms with Crippen LogP contribution in [0.3, 0.4) is 0 Å². The summed E-state index contributed by atoms with van der Waals surface area (Å²) in [7, 11) is 0. The molecule has 2 rings (SSSR count). The minimum atomic E-state index is -4.28. The number of nitrogens with one attached hydrogen (secondary N) is 1. The summed E-state index contributed by atoms with van der Waals surface area (Å²) in [5.41, 5.74) is -0.203. The third-order valence-electron chi connectivity index (χ3n) is 3.57. The Hall–Kier alpha value is -1.03. The molecule has 1 aromatic carbocycles. The Balaban J connectivity index is 2.16. The van der Waals surface area contributed by atoms with Crippen LogP contribution in [-0.4, -0.2) is 6.04 Å². The van der Waals surface area contributed by atoms with Crippen molar-refractivity contribution in [2.24, 2.45) is 5.92 Å². The molecule has 2 unspecified atom stereocenters. The van der Waals surface area contributed by atoms with Gasteiger partial charge in [0.15, 0.2) is 0 Å². The molecule has 1 aromatic rings. The SMILES string of the molecule is CC(NC(C)C1CC1)c1ccccc1C(F)(F)F. The summed E-state index contributed by atoms with van der Waals surface area (Å²) in [6.07, 6.45) is -1.92. The van der Waals surface area contributed by atoms with Crippen molar-refractivity contribution in [2.45, 2.75) is 44.9 Å². The van der Waals surface area contributed by atoms with Gasteiger partial charge >= 0.3 is 6.18 Å². The van der Waals surface area contributed by atoms with Crippen LogP contribution in [0.4, 0.5) is 13.2 Å². The van der Waals surface area contributed by atoms with E-state index in [1.54, 1.807) is 19.1 Å². The number of halogens is 3. The Morgan fingerprint density at radius 2 is 1.78 bits per heavy atom. The highest BCUT2D eigenvalue weighted by atomic mass is 19.4. The molecule has 1 nitrogen and oxygen atoms in total. The summed E-state index contributed by atoms with van der Waals surface area (Å²) in [6, 6.07) is 5.79. The van der Waals surface area contributed by atoms with E-state index in [-0.39, 0.29) is 12.1 Å². The average molecular weight is 257 g/mol. The van der Waals surface area contributed by atoms with E-state index in [1.807, 2.05) is 6.92 Å². The lowest BCUT2D eigenvalue weighted by atomic mass is 10.00. The molecule has 1 saturated carbocycles. The molecule has 2 atom stereocenters. The molecule has 1 fully saturated rings. The van der Waals surface area contributed by atoms with Crippen LogP contribution >= 0.6 is 0 Å². The first kappa shape index (κ1) is 13.4. The minimum absolute atomic E-state index is 0.279. The van der Waals surface area contributed by atoms with Crippen molar-refractivity contribution in [1.29, 1.82) is 0 Å². The van der Waals surface area contributed by atoms with Crippen molar-refractivity contribution in [2.75, 3.05) is 0 Å². The maximum atomic E-state index is 12.9. The number of alkyl halides is 3. The summed E-state index contributed by atoms with van der Waals surface area (Å²) < 4.78 is 38.7. The maximum absolute atomic E-state index is 12.9. The number of hydrogen-bond donors (Lipinski definition) is 1. The van der Waals surface area contributed by atoms with Gasteiger partial charge in [0.05, 0.1) is 5.56 Å². The summed E-state index contributed by atoms with van der Waals surface area (Å²) in [6.45, 7) is 3.84. The summed E-state index contributed by atoms with van der Waals surface area (Å²) >= 11 is 0. The fraction of sp³-hybridized carbons (Fsp3) is 0.571. The van der Waals surface area contributed by atoms with Crippen molar-refractivity contribution in [3.63, 3.8) is 0 Å². The molecule has 0 radical (unpaired) electrons. The molecule has 0 aliphatic heterocycles. The topological polar surface area (TPSA) is 12.0 Å². The summed E-state index contributed by atoms with van der Waals surface area (Å²) in [4.78, 5) is 0. The minimum Gasteiger partial charge on any atom is -0.307 e. The highest BCUT2D eigenvalue weighted by Crippen LogP contribution is 2.36. The highest BCUT2D eigenvalue weighted by molar-refractivity contribution is 5.32.